The van der Waals surface area contributed by atoms with Gasteiger partial charge in [-0.05, 0) is 29.3 Å². The van der Waals surface area contributed by atoms with Crippen molar-refractivity contribution in [3.05, 3.63) is 71.6 Å². The van der Waals surface area contributed by atoms with Crippen molar-refractivity contribution >= 4 is 0 Å². The Hall–Kier alpha value is -2.20. The molecule has 0 atom stereocenters. The van der Waals surface area contributed by atoms with Crippen molar-refractivity contribution in [2.75, 3.05) is 6.61 Å². The highest BCUT2D eigenvalue weighted by molar-refractivity contribution is 5.46. The average Bonchev–Trinajstić information content (AvgIpc) is 2.87. The van der Waals surface area contributed by atoms with Gasteiger partial charge in [0.2, 0.25) is 0 Å². The van der Waals surface area contributed by atoms with Crippen LogP contribution in [0.15, 0.2) is 48.5 Å². The maximum absolute atomic E-state index is 5.48. The van der Waals surface area contributed by atoms with Crippen molar-refractivity contribution in [3.8, 4) is 17.6 Å². The van der Waals surface area contributed by atoms with Crippen LogP contribution in [0.3, 0.4) is 0 Å². The molecule has 1 aliphatic heterocycles. The summed E-state index contributed by atoms with van der Waals surface area (Å²) in [6.45, 7) is 0.800. The van der Waals surface area contributed by atoms with Crippen LogP contribution in [0, 0.1) is 18.3 Å². The lowest BCUT2D eigenvalue weighted by Gasteiger charge is -1.99. The summed E-state index contributed by atoms with van der Waals surface area (Å²) in [6.07, 6.45) is 2.95. The van der Waals surface area contributed by atoms with Crippen LogP contribution in [0.5, 0.6) is 5.75 Å². The smallest absolute Gasteiger partial charge is 0.122 e. The molecule has 0 bridgehead atoms. The van der Waals surface area contributed by atoms with Crippen LogP contribution in [0.25, 0.3) is 0 Å². The summed E-state index contributed by atoms with van der Waals surface area (Å²) in [6, 6.07) is 16.2. The topological polar surface area (TPSA) is 9.23 Å². The minimum atomic E-state index is 0.800. The molecule has 1 heterocycles. The summed E-state index contributed by atoms with van der Waals surface area (Å²) in [5.74, 6) is 7.23. The van der Waals surface area contributed by atoms with Crippen molar-refractivity contribution in [1.29, 1.82) is 0 Å². The molecule has 18 heavy (non-hydrogen) atoms. The first kappa shape index (κ1) is 10.9. The number of ether oxygens (including phenoxy) is 1. The maximum atomic E-state index is 5.48. The van der Waals surface area contributed by atoms with E-state index in [0.717, 1.165) is 29.9 Å². The minimum Gasteiger partial charge on any atom is -0.493 e. The van der Waals surface area contributed by atoms with E-state index in [2.05, 4.69) is 17.9 Å². The van der Waals surface area contributed by atoms with Gasteiger partial charge in [-0.15, -0.1) is 0 Å². The SMILES string of the molecule is C(#Cc1ccccc1)[CH]c1ccc2c(c1)CCO2. The lowest BCUT2D eigenvalue weighted by molar-refractivity contribution is 0.357. The number of rotatable bonds is 1. The van der Waals surface area contributed by atoms with Crippen LogP contribution in [-0.4, -0.2) is 6.61 Å². The fraction of sp³-hybridized carbons (Fsp3) is 0.118. The lowest BCUT2D eigenvalue weighted by atomic mass is 10.1. The summed E-state index contributed by atoms with van der Waals surface area (Å²) in [7, 11) is 0. The molecule has 0 spiro atoms. The molecular weight excluding hydrogens is 220 g/mol. The Kier molecular flexibility index (Phi) is 3.02. The molecule has 2 aromatic carbocycles. The van der Waals surface area contributed by atoms with Gasteiger partial charge in [0, 0.05) is 12.0 Å². The van der Waals surface area contributed by atoms with E-state index in [4.69, 9.17) is 4.74 Å². The van der Waals surface area contributed by atoms with E-state index in [1.165, 1.54) is 5.56 Å². The molecule has 0 aliphatic carbocycles. The monoisotopic (exact) mass is 233 g/mol. The van der Waals surface area contributed by atoms with Gasteiger partial charge in [-0.1, -0.05) is 42.2 Å². The third-order valence-electron chi connectivity index (χ3n) is 2.94. The standard InChI is InChI=1S/C17H13O/c1-2-5-14(6-3-1)7-4-8-15-9-10-17-16(13-15)11-12-18-17/h1-3,5-6,8-10,13H,11-12H2. The largest absolute Gasteiger partial charge is 0.493 e. The van der Waals surface area contributed by atoms with Crippen LogP contribution < -0.4 is 4.74 Å². The molecular formula is C17H13O. The number of fused-ring (bicyclic) bond motifs is 1. The van der Waals surface area contributed by atoms with E-state index in [-0.39, 0.29) is 0 Å². The molecule has 0 amide bonds. The molecule has 0 saturated carbocycles. The molecule has 1 heteroatoms. The first-order valence-corrected chi connectivity index (χ1v) is 6.07. The Bertz CT molecular complexity index is 602. The molecule has 2 aromatic rings. The highest BCUT2D eigenvalue weighted by Crippen LogP contribution is 2.26. The summed E-state index contributed by atoms with van der Waals surface area (Å²) < 4.78 is 5.48. The van der Waals surface area contributed by atoms with Gasteiger partial charge in [-0.3, -0.25) is 0 Å². The van der Waals surface area contributed by atoms with E-state index in [9.17, 15) is 0 Å². The van der Waals surface area contributed by atoms with Crippen molar-refractivity contribution in [3.63, 3.8) is 0 Å². The van der Waals surface area contributed by atoms with E-state index in [0.29, 0.717) is 0 Å². The summed E-state index contributed by atoms with van der Waals surface area (Å²) >= 11 is 0. The van der Waals surface area contributed by atoms with E-state index < -0.39 is 0 Å². The molecule has 0 aromatic heterocycles. The Labute approximate surface area is 107 Å². The molecule has 3 rings (SSSR count). The molecule has 0 fully saturated rings. The average molecular weight is 233 g/mol. The normalized spacial score (nSPS) is 12.2. The highest BCUT2D eigenvalue weighted by Gasteiger charge is 2.11. The maximum Gasteiger partial charge on any atom is 0.122 e. The number of hydrogen-bond donors (Lipinski definition) is 0. The molecule has 1 aliphatic rings. The van der Waals surface area contributed by atoms with E-state index >= 15 is 0 Å². The quantitative estimate of drug-likeness (QED) is 0.687. The van der Waals surface area contributed by atoms with Gasteiger partial charge in [0.25, 0.3) is 0 Å². The number of hydrogen-bond acceptors (Lipinski definition) is 1. The zero-order chi connectivity index (χ0) is 12.2. The van der Waals surface area contributed by atoms with Crippen molar-refractivity contribution < 1.29 is 4.74 Å². The van der Waals surface area contributed by atoms with E-state index in [1.807, 2.05) is 48.9 Å². The minimum absolute atomic E-state index is 0.800. The van der Waals surface area contributed by atoms with Crippen LogP contribution in [0.2, 0.25) is 0 Å². The highest BCUT2D eigenvalue weighted by atomic mass is 16.5. The van der Waals surface area contributed by atoms with E-state index in [1.54, 1.807) is 0 Å². The Morgan fingerprint density at radius 2 is 1.94 bits per heavy atom. The zero-order valence-electron chi connectivity index (χ0n) is 10.0. The summed E-state index contributed by atoms with van der Waals surface area (Å²) in [5, 5.41) is 0. The van der Waals surface area contributed by atoms with Gasteiger partial charge in [0.1, 0.15) is 5.75 Å². The van der Waals surface area contributed by atoms with Crippen LogP contribution >= 0.6 is 0 Å². The first-order chi connectivity index (χ1) is 8.92. The molecule has 1 nitrogen and oxygen atoms in total. The Morgan fingerprint density at radius 1 is 1.06 bits per heavy atom. The van der Waals surface area contributed by atoms with Gasteiger partial charge in [0.05, 0.1) is 13.0 Å². The van der Waals surface area contributed by atoms with Crippen LogP contribution in [0.1, 0.15) is 16.7 Å². The van der Waals surface area contributed by atoms with Crippen molar-refractivity contribution in [2.45, 2.75) is 6.42 Å². The first-order valence-electron chi connectivity index (χ1n) is 6.07. The van der Waals surface area contributed by atoms with Gasteiger partial charge < -0.3 is 4.74 Å². The molecule has 0 N–H and O–H groups in total. The van der Waals surface area contributed by atoms with Crippen LogP contribution in [-0.2, 0) is 6.42 Å². The van der Waals surface area contributed by atoms with Gasteiger partial charge in [-0.2, -0.15) is 0 Å². The van der Waals surface area contributed by atoms with Gasteiger partial charge in [0.15, 0.2) is 0 Å². The Morgan fingerprint density at radius 3 is 2.83 bits per heavy atom. The summed E-state index contributed by atoms with van der Waals surface area (Å²) in [4.78, 5) is 0. The molecule has 87 valence electrons. The zero-order valence-corrected chi connectivity index (χ0v) is 10.0. The fourth-order valence-electron chi connectivity index (χ4n) is 2.02. The second-order valence-electron chi connectivity index (χ2n) is 4.25. The molecule has 1 radical (unpaired) electrons. The molecule has 0 saturated heterocycles. The lowest BCUT2D eigenvalue weighted by Crippen LogP contribution is -1.85. The third kappa shape index (κ3) is 2.38. The second-order valence-corrected chi connectivity index (χ2v) is 4.25. The van der Waals surface area contributed by atoms with Crippen molar-refractivity contribution in [2.24, 2.45) is 0 Å². The Balaban J connectivity index is 1.73. The second kappa shape index (κ2) is 4.98. The number of benzene rings is 2. The van der Waals surface area contributed by atoms with Gasteiger partial charge in [-0.25, -0.2) is 0 Å². The molecule has 0 unspecified atom stereocenters. The van der Waals surface area contributed by atoms with Gasteiger partial charge >= 0.3 is 0 Å². The van der Waals surface area contributed by atoms with Crippen LogP contribution in [0.4, 0.5) is 0 Å². The summed E-state index contributed by atoms with van der Waals surface area (Å²) in [5.41, 5.74) is 3.46. The predicted octanol–water partition coefficient (Wildman–Crippen LogP) is 3.23. The third-order valence-corrected chi connectivity index (χ3v) is 2.94. The fourth-order valence-corrected chi connectivity index (χ4v) is 2.02. The predicted molar refractivity (Wildman–Crippen MR) is 72.4 cm³/mol. The van der Waals surface area contributed by atoms with Crippen molar-refractivity contribution in [1.82, 2.24) is 0 Å².